The Morgan fingerprint density at radius 2 is 1.70 bits per heavy atom. The lowest BCUT2D eigenvalue weighted by Crippen LogP contribution is -2.26. The quantitative estimate of drug-likeness (QED) is 0.561. The summed E-state index contributed by atoms with van der Waals surface area (Å²) in [6.07, 6.45) is 4.51. The fourth-order valence-electron chi connectivity index (χ4n) is 2.27. The van der Waals surface area contributed by atoms with E-state index in [1.54, 1.807) is 0 Å². The van der Waals surface area contributed by atoms with E-state index in [0.717, 1.165) is 50.6 Å². The highest BCUT2D eigenvalue weighted by Crippen LogP contribution is 2.10. The van der Waals surface area contributed by atoms with Crippen LogP contribution in [0.15, 0.2) is 24.3 Å². The minimum Gasteiger partial charge on any atom is -0.381 e. The summed E-state index contributed by atoms with van der Waals surface area (Å²) in [6.45, 7) is 9.68. The van der Waals surface area contributed by atoms with Crippen LogP contribution >= 0.6 is 11.6 Å². The molecule has 0 spiro atoms. The third-order valence-electron chi connectivity index (χ3n) is 3.42. The molecular formula is C17H28ClNO. The standard InChI is InChI=1S/C17H28ClNO/c1-3-12-19(4-2)13-6-15-20-14-5-7-16-8-10-17(18)11-9-16/h8-11H,3-7,12-15H2,1-2H3. The molecular weight excluding hydrogens is 270 g/mol. The second kappa shape index (κ2) is 11.1. The highest BCUT2D eigenvalue weighted by Gasteiger charge is 2.00. The Hall–Kier alpha value is -0.570. The van der Waals surface area contributed by atoms with Crippen LogP contribution in [-0.4, -0.2) is 37.7 Å². The maximum Gasteiger partial charge on any atom is 0.0478 e. The molecule has 0 radical (unpaired) electrons. The summed E-state index contributed by atoms with van der Waals surface area (Å²) in [4.78, 5) is 2.48. The van der Waals surface area contributed by atoms with Crippen molar-refractivity contribution in [3.05, 3.63) is 34.9 Å². The molecule has 0 aliphatic rings. The first-order valence-electron chi connectivity index (χ1n) is 7.80. The molecule has 0 bridgehead atoms. The Labute approximate surface area is 129 Å². The number of benzene rings is 1. The third-order valence-corrected chi connectivity index (χ3v) is 3.67. The lowest BCUT2D eigenvalue weighted by atomic mass is 10.1. The second-order valence-electron chi connectivity index (χ2n) is 5.13. The van der Waals surface area contributed by atoms with Crippen LogP contribution < -0.4 is 0 Å². The van der Waals surface area contributed by atoms with Gasteiger partial charge in [-0.2, -0.15) is 0 Å². The Morgan fingerprint density at radius 3 is 2.35 bits per heavy atom. The molecule has 2 nitrogen and oxygen atoms in total. The van der Waals surface area contributed by atoms with Crippen LogP contribution in [0.1, 0.15) is 38.7 Å². The van der Waals surface area contributed by atoms with Gasteiger partial charge in [-0.25, -0.2) is 0 Å². The van der Waals surface area contributed by atoms with Gasteiger partial charge in [0.05, 0.1) is 0 Å². The number of halogens is 1. The molecule has 0 saturated heterocycles. The van der Waals surface area contributed by atoms with Crippen molar-refractivity contribution >= 4 is 11.6 Å². The molecule has 3 heteroatoms. The molecule has 0 aromatic heterocycles. The van der Waals surface area contributed by atoms with Gasteiger partial charge in [0.1, 0.15) is 0 Å². The Morgan fingerprint density at radius 1 is 1.00 bits per heavy atom. The molecule has 114 valence electrons. The van der Waals surface area contributed by atoms with Gasteiger partial charge >= 0.3 is 0 Å². The van der Waals surface area contributed by atoms with E-state index in [2.05, 4.69) is 30.9 Å². The van der Waals surface area contributed by atoms with E-state index in [1.807, 2.05) is 12.1 Å². The molecule has 0 fully saturated rings. The molecule has 1 aromatic rings. The van der Waals surface area contributed by atoms with Gasteiger partial charge in [0.25, 0.3) is 0 Å². The van der Waals surface area contributed by atoms with Crippen molar-refractivity contribution in [3.63, 3.8) is 0 Å². The van der Waals surface area contributed by atoms with Crippen LogP contribution in [0.5, 0.6) is 0 Å². The Balaban J connectivity index is 1.98. The topological polar surface area (TPSA) is 12.5 Å². The van der Waals surface area contributed by atoms with Crippen molar-refractivity contribution in [1.82, 2.24) is 4.90 Å². The largest absolute Gasteiger partial charge is 0.381 e. The van der Waals surface area contributed by atoms with Gasteiger partial charge in [-0.3, -0.25) is 0 Å². The molecule has 0 saturated carbocycles. The van der Waals surface area contributed by atoms with E-state index in [4.69, 9.17) is 16.3 Å². The SMILES string of the molecule is CCCN(CC)CCCOCCCc1ccc(Cl)cc1. The van der Waals surface area contributed by atoms with E-state index in [-0.39, 0.29) is 0 Å². The highest BCUT2D eigenvalue weighted by molar-refractivity contribution is 6.30. The fourth-order valence-corrected chi connectivity index (χ4v) is 2.39. The van der Waals surface area contributed by atoms with Crippen molar-refractivity contribution < 1.29 is 4.74 Å². The summed E-state index contributed by atoms with van der Waals surface area (Å²) in [6, 6.07) is 8.08. The first-order chi connectivity index (χ1) is 9.76. The summed E-state index contributed by atoms with van der Waals surface area (Å²) in [5, 5.41) is 0.803. The van der Waals surface area contributed by atoms with Crippen molar-refractivity contribution in [2.45, 2.75) is 39.5 Å². The molecule has 0 heterocycles. The molecule has 1 rings (SSSR count). The van der Waals surface area contributed by atoms with E-state index in [0.29, 0.717) is 0 Å². The van der Waals surface area contributed by atoms with E-state index >= 15 is 0 Å². The fraction of sp³-hybridized carbons (Fsp3) is 0.647. The van der Waals surface area contributed by atoms with Gasteiger partial charge in [0, 0.05) is 24.8 Å². The average Bonchev–Trinajstić information content (AvgIpc) is 2.47. The first-order valence-corrected chi connectivity index (χ1v) is 8.18. The number of rotatable bonds is 11. The number of nitrogens with zero attached hydrogens (tertiary/aromatic N) is 1. The van der Waals surface area contributed by atoms with E-state index in [9.17, 15) is 0 Å². The number of hydrogen-bond acceptors (Lipinski definition) is 2. The van der Waals surface area contributed by atoms with Gasteiger partial charge in [-0.1, -0.05) is 37.6 Å². The summed E-state index contributed by atoms with van der Waals surface area (Å²) < 4.78 is 5.70. The molecule has 0 aliphatic carbocycles. The van der Waals surface area contributed by atoms with Crippen LogP contribution in [0, 0.1) is 0 Å². The maximum atomic E-state index is 5.86. The second-order valence-corrected chi connectivity index (χ2v) is 5.57. The third kappa shape index (κ3) is 7.88. The minimum atomic E-state index is 0.803. The van der Waals surface area contributed by atoms with Gasteiger partial charge in [0.2, 0.25) is 0 Å². The number of aryl methyl sites for hydroxylation is 1. The normalized spacial score (nSPS) is 11.2. The summed E-state index contributed by atoms with van der Waals surface area (Å²) >= 11 is 5.86. The molecule has 0 aliphatic heterocycles. The van der Waals surface area contributed by atoms with Crippen LogP contribution in [0.25, 0.3) is 0 Å². The van der Waals surface area contributed by atoms with Crippen LogP contribution in [0.3, 0.4) is 0 Å². The Kier molecular flexibility index (Phi) is 9.73. The van der Waals surface area contributed by atoms with Crippen molar-refractivity contribution in [2.24, 2.45) is 0 Å². The lowest BCUT2D eigenvalue weighted by Gasteiger charge is -2.19. The van der Waals surface area contributed by atoms with Crippen LogP contribution in [-0.2, 0) is 11.2 Å². The first kappa shape index (κ1) is 17.5. The monoisotopic (exact) mass is 297 g/mol. The molecule has 0 atom stereocenters. The zero-order valence-electron chi connectivity index (χ0n) is 12.9. The summed E-state index contributed by atoms with van der Waals surface area (Å²) in [7, 11) is 0. The number of hydrogen-bond donors (Lipinski definition) is 0. The summed E-state index contributed by atoms with van der Waals surface area (Å²) in [5.74, 6) is 0. The smallest absolute Gasteiger partial charge is 0.0478 e. The minimum absolute atomic E-state index is 0.803. The molecule has 0 unspecified atom stereocenters. The molecule has 20 heavy (non-hydrogen) atoms. The zero-order valence-corrected chi connectivity index (χ0v) is 13.7. The van der Waals surface area contributed by atoms with Crippen LogP contribution in [0.2, 0.25) is 5.02 Å². The number of ether oxygens (including phenoxy) is 1. The van der Waals surface area contributed by atoms with Crippen molar-refractivity contribution in [2.75, 3.05) is 32.8 Å². The van der Waals surface area contributed by atoms with Crippen molar-refractivity contribution in [1.29, 1.82) is 0 Å². The van der Waals surface area contributed by atoms with Gasteiger partial charge in [-0.05, 0) is 56.5 Å². The summed E-state index contributed by atoms with van der Waals surface area (Å²) in [5.41, 5.74) is 1.33. The van der Waals surface area contributed by atoms with E-state index < -0.39 is 0 Å². The lowest BCUT2D eigenvalue weighted by molar-refractivity contribution is 0.119. The highest BCUT2D eigenvalue weighted by atomic mass is 35.5. The van der Waals surface area contributed by atoms with Gasteiger partial charge < -0.3 is 9.64 Å². The average molecular weight is 298 g/mol. The van der Waals surface area contributed by atoms with Crippen molar-refractivity contribution in [3.8, 4) is 0 Å². The zero-order chi connectivity index (χ0) is 14.6. The molecule has 0 amide bonds. The maximum absolute atomic E-state index is 5.86. The van der Waals surface area contributed by atoms with Crippen LogP contribution in [0.4, 0.5) is 0 Å². The van der Waals surface area contributed by atoms with Gasteiger partial charge in [0.15, 0.2) is 0 Å². The van der Waals surface area contributed by atoms with E-state index in [1.165, 1.54) is 18.5 Å². The predicted octanol–water partition coefficient (Wildman–Crippen LogP) is 4.41. The Bertz CT molecular complexity index is 339. The molecule has 0 N–H and O–H groups in total. The predicted molar refractivity (Wildman–Crippen MR) is 87.6 cm³/mol. The van der Waals surface area contributed by atoms with Gasteiger partial charge in [-0.15, -0.1) is 0 Å². The molecule has 1 aromatic carbocycles.